The van der Waals surface area contributed by atoms with Crippen LogP contribution in [-0.2, 0) is 20.6 Å². The van der Waals surface area contributed by atoms with Crippen LogP contribution in [0.2, 0.25) is 0 Å². The lowest BCUT2D eigenvalue weighted by atomic mass is 9.84. The number of hydrogen-bond acceptors (Lipinski definition) is 13. The van der Waals surface area contributed by atoms with Gasteiger partial charge in [-0.1, -0.05) is 0 Å². The second-order valence-corrected chi connectivity index (χ2v) is 10.0. The second kappa shape index (κ2) is 13.3. The number of aliphatic hydroxyl groups excluding tert-OH is 4. The summed E-state index contributed by atoms with van der Waals surface area (Å²) in [4.78, 5) is 0. The summed E-state index contributed by atoms with van der Waals surface area (Å²) in [6, 6.07) is 6.68. The third kappa shape index (κ3) is 6.26. The van der Waals surface area contributed by atoms with Crippen molar-refractivity contribution in [2.45, 2.75) is 43.2 Å². The van der Waals surface area contributed by atoms with Crippen LogP contribution in [0.3, 0.4) is 0 Å². The molecule has 0 bridgehead atoms. The molecule has 0 aliphatic carbocycles. The Hall–Kier alpha value is -3.04. The third-order valence-corrected chi connectivity index (χ3v) is 7.65. The fourth-order valence-electron chi connectivity index (χ4n) is 5.36. The van der Waals surface area contributed by atoms with Gasteiger partial charge in [-0.25, -0.2) is 0 Å². The van der Waals surface area contributed by atoms with Crippen molar-refractivity contribution in [1.29, 1.82) is 0 Å². The standard InChI is InChI=1S/C28H38O13/c1-35-17-6-13(7-18(36-2)22(17)30)5-15-11-39-27(14-8-19(37-3)23(31)20(9-14)38-4)16(15)12-40-28-26(34)25(33)24(32)21(10-29)41-28/h6-9,15-16,21,24-34H,5,10-12H2,1-4H3. The first-order valence-electron chi connectivity index (χ1n) is 13.1. The van der Waals surface area contributed by atoms with Crippen LogP contribution in [0.1, 0.15) is 17.2 Å². The fraction of sp³-hybridized carbons (Fsp3) is 0.571. The normalized spacial score (nSPS) is 29.8. The number of methoxy groups -OCH3 is 4. The van der Waals surface area contributed by atoms with E-state index in [9.17, 15) is 30.6 Å². The van der Waals surface area contributed by atoms with Crippen LogP contribution in [0.5, 0.6) is 34.5 Å². The molecule has 41 heavy (non-hydrogen) atoms. The molecule has 2 aliphatic heterocycles. The molecule has 0 amide bonds. The van der Waals surface area contributed by atoms with Crippen LogP contribution in [0.15, 0.2) is 24.3 Å². The Morgan fingerprint density at radius 1 is 0.780 bits per heavy atom. The highest BCUT2D eigenvalue weighted by molar-refractivity contribution is 5.54. The van der Waals surface area contributed by atoms with Gasteiger partial charge in [-0.3, -0.25) is 0 Å². The minimum absolute atomic E-state index is 0.0180. The van der Waals surface area contributed by atoms with Crippen molar-refractivity contribution in [3.63, 3.8) is 0 Å². The van der Waals surface area contributed by atoms with Crippen molar-refractivity contribution in [1.82, 2.24) is 0 Å². The molecule has 2 fully saturated rings. The van der Waals surface area contributed by atoms with E-state index < -0.39 is 43.4 Å². The van der Waals surface area contributed by atoms with E-state index in [0.717, 1.165) is 5.56 Å². The lowest BCUT2D eigenvalue weighted by molar-refractivity contribution is -0.304. The van der Waals surface area contributed by atoms with Crippen molar-refractivity contribution in [3.05, 3.63) is 35.4 Å². The largest absolute Gasteiger partial charge is 0.502 e. The van der Waals surface area contributed by atoms with E-state index in [0.29, 0.717) is 18.6 Å². The molecule has 6 N–H and O–H groups in total. The van der Waals surface area contributed by atoms with Gasteiger partial charge in [0.15, 0.2) is 29.3 Å². The Morgan fingerprint density at radius 2 is 1.32 bits per heavy atom. The quantitative estimate of drug-likeness (QED) is 0.215. The van der Waals surface area contributed by atoms with Gasteiger partial charge in [0.25, 0.3) is 0 Å². The van der Waals surface area contributed by atoms with Crippen LogP contribution in [0.25, 0.3) is 0 Å². The summed E-state index contributed by atoms with van der Waals surface area (Å²) in [6.45, 7) is -0.305. The van der Waals surface area contributed by atoms with Gasteiger partial charge in [-0.2, -0.15) is 0 Å². The number of aromatic hydroxyl groups is 2. The molecule has 2 heterocycles. The minimum atomic E-state index is -1.58. The molecule has 4 rings (SSSR count). The van der Waals surface area contributed by atoms with Gasteiger partial charge < -0.3 is 63.8 Å². The molecule has 8 unspecified atom stereocenters. The second-order valence-electron chi connectivity index (χ2n) is 10.0. The molecule has 228 valence electrons. The van der Waals surface area contributed by atoms with Crippen LogP contribution in [-0.4, -0.2) is 110 Å². The zero-order chi connectivity index (χ0) is 29.8. The Kier molecular flexibility index (Phi) is 10.0. The molecule has 2 aromatic carbocycles. The van der Waals surface area contributed by atoms with Crippen LogP contribution >= 0.6 is 0 Å². The topological polar surface area (TPSA) is 186 Å². The number of phenolic OH excluding ortho intramolecular Hbond substituents is 2. The van der Waals surface area contributed by atoms with E-state index in [4.69, 9.17) is 33.2 Å². The first-order chi connectivity index (χ1) is 19.7. The molecule has 0 radical (unpaired) electrons. The summed E-state index contributed by atoms with van der Waals surface area (Å²) in [5.74, 6) is 0.0485. The fourth-order valence-corrected chi connectivity index (χ4v) is 5.36. The molecule has 0 aromatic heterocycles. The number of phenols is 2. The van der Waals surface area contributed by atoms with E-state index in [1.807, 2.05) is 0 Å². The highest BCUT2D eigenvalue weighted by atomic mass is 16.7. The Bertz CT molecular complexity index is 1120. The molecule has 13 heteroatoms. The highest BCUT2D eigenvalue weighted by Gasteiger charge is 2.46. The first kappa shape index (κ1) is 30.9. The monoisotopic (exact) mass is 582 g/mol. The van der Waals surface area contributed by atoms with Crippen molar-refractivity contribution in [2.24, 2.45) is 11.8 Å². The van der Waals surface area contributed by atoms with Gasteiger partial charge >= 0.3 is 0 Å². The highest BCUT2D eigenvalue weighted by Crippen LogP contribution is 2.46. The van der Waals surface area contributed by atoms with Crippen LogP contribution in [0, 0.1) is 11.8 Å². The van der Waals surface area contributed by atoms with Gasteiger partial charge in [-0.15, -0.1) is 0 Å². The zero-order valence-corrected chi connectivity index (χ0v) is 23.3. The van der Waals surface area contributed by atoms with Crippen LogP contribution in [0.4, 0.5) is 0 Å². The maximum atomic E-state index is 10.5. The predicted molar refractivity (Wildman–Crippen MR) is 142 cm³/mol. The predicted octanol–water partition coefficient (Wildman–Crippen LogP) is 0.495. The lowest BCUT2D eigenvalue weighted by Gasteiger charge is -2.40. The molecular weight excluding hydrogens is 544 g/mol. The molecule has 2 saturated heterocycles. The first-order valence-corrected chi connectivity index (χ1v) is 13.1. The summed E-state index contributed by atoms with van der Waals surface area (Å²) in [5, 5.41) is 61.1. The van der Waals surface area contributed by atoms with Crippen molar-refractivity contribution in [3.8, 4) is 34.5 Å². The van der Waals surface area contributed by atoms with Crippen molar-refractivity contribution >= 4 is 0 Å². The summed E-state index contributed by atoms with van der Waals surface area (Å²) < 4.78 is 39.0. The van der Waals surface area contributed by atoms with E-state index in [1.54, 1.807) is 24.3 Å². The van der Waals surface area contributed by atoms with Gasteiger partial charge in [-0.05, 0) is 47.7 Å². The van der Waals surface area contributed by atoms with E-state index in [1.165, 1.54) is 28.4 Å². The van der Waals surface area contributed by atoms with Crippen molar-refractivity contribution < 1.29 is 63.8 Å². The van der Waals surface area contributed by atoms with Gasteiger partial charge in [0.1, 0.15) is 24.4 Å². The number of ether oxygens (including phenoxy) is 7. The van der Waals surface area contributed by atoms with Crippen LogP contribution < -0.4 is 18.9 Å². The van der Waals surface area contributed by atoms with E-state index in [2.05, 4.69) is 0 Å². The van der Waals surface area contributed by atoms with Crippen molar-refractivity contribution in [2.75, 3.05) is 48.3 Å². The molecule has 2 aromatic rings. The average molecular weight is 583 g/mol. The summed E-state index contributed by atoms with van der Waals surface area (Å²) >= 11 is 0. The Labute approximate surface area is 237 Å². The van der Waals surface area contributed by atoms with Gasteiger partial charge in [0, 0.05) is 5.92 Å². The Morgan fingerprint density at radius 3 is 1.83 bits per heavy atom. The van der Waals surface area contributed by atoms with Gasteiger partial charge in [0.2, 0.25) is 11.5 Å². The smallest absolute Gasteiger partial charge is 0.200 e. The number of hydrogen-bond donors (Lipinski definition) is 6. The summed E-state index contributed by atoms with van der Waals surface area (Å²) in [6.07, 6.45) is -7.22. The molecule has 2 aliphatic rings. The Balaban J connectivity index is 1.65. The molecular formula is C28H38O13. The molecule has 0 spiro atoms. The SMILES string of the molecule is COc1cc(CC2COC(c3cc(OC)c(O)c(OC)c3)C2COC2OC(CO)C(O)C(O)C2O)cc(OC)c1O. The summed E-state index contributed by atoms with van der Waals surface area (Å²) in [5.41, 5.74) is 1.44. The maximum Gasteiger partial charge on any atom is 0.200 e. The third-order valence-electron chi connectivity index (χ3n) is 7.65. The minimum Gasteiger partial charge on any atom is -0.502 e. The molecule has 8 atom stereocenters. The molecule has 0 saturated carbocycles. The number of rotatable bonds is 11. The number of benzene rings is 2. The zero-order valence-electron chi connectivity index (χ0n) is 23.3. The van der Waals surface area contributed by atoms with E-state index in [-0.39, 0.29) is 52.9 Å². The summed E-state index contributed by atoms with van der Waals surface area (Å²) in [7, 11) is 5.72. The van der Waals surface area contributed by atoms with E-state index >= 15 is 0 Å². The average Bonchev–Trinajstić information content (AvgIpc) is 3.38. The maximum absolute atomic E-state index is 10.5. The lowest BCUT2D eigenvalue weighted by Crippen LogP contribution is -2.59. The van der Waals surface area contributed by atoms with Gasteiger partial charge in [0.05, 0.1) is 54.4 Å². The number of aliphatic hydroxyl groups is 4. The molecule has 13 nitrogen and oxygen atoms in total.